The highest BCUT2D eigenvalue weighted by Crippen LogP contribution is 1.97. The van der Waals surface area contributed by atoms with E-state index in [4.69, 9.17) is 26.8 Å². The molecule has 4 heteroatoms. The van der Waals surface area contributed by atoms with Gasteiger partial charge in [-0.15, -0.1) is 6.42 Å². The third kappa shape index (κ3) is 2.33. The fourth-order valence-electron chi connectivity index (χ4n) is 0.417. The summed E-state index contributed by atoms with van der Waals surface area (Å²) in [6.45, 7) is -0.625. The van der Waals surface area contributed by atoms with Crippen LogP contribution in [0.25, 0.3) is 0 Å². The number of aliphatic hydroxyl groups excluding tert-OH is 4. The summed E-state index contributed by atoms with van der Waals surface area (Å²) in [4.78, 5) is 0. The first kappa shape index (κ1) is 9.40. The molecule has 0 radical (unpaired) electrons. The van der Waals surface area contributed by atoms with E-state index in [2.05, 4.69) is 0 Å². The van der Waals surface area contributed by atoms with Crippen molar-refractivity contribution in [2.45, 2.75) is 18.3 Å². The van der Waals surface area contributed by atoms with Crippen molar-refractivity contribution in [1.29, 1.82) is 0 Å². The summed E-state index contributed by atoms with van der Waals surface area (Å²) in [5.74, 6) is 1.81. The highest BCUT2D eigenvalue weighted by Gasteiger charge is 2.21. The molecule has 58 valence electrons. The van der Waals surface area contributed by atoms with Gasteiger partial charge in [-0.05, 0) is 0 Å². The average molecular weight is 146 g/mol. The summed E-state index contributed by atoms with van der Waals surface area (Å²) in [5.41, 5.74) is 0. The minimum Gasteiger partial charge on any atom is -0.394 e. The Labute approximate surface area is 58.7 Å². The summed E-state index contributed by atoms with van der Waals surface area (Å²) in [6, 6.07) is 0. The Kier molecular flexibility index (Phi) is 4.00. The molecule has 0 fully saturated rings. The molecule has 0 aromatic carbocycles. The zero-order chi connectivity index (χ0) is 8.15. The third-order valence-corrected chi connectivity index (χ3v) is 1.08. The summed E-state index contributed by atoms with van der Waals surface area (Å²) in [5, 5.41) is 34.4. The minimum absolute atomic E-state index is 0.625. The standard InChI is InChI=1S/C6H10O4/c1-2-4(8)6(10)5(9)3-7/h1,4-10H,3H2. The monoisotopic (exact) mass is 146 g/mol. The highest BCUT2D eigenvalue weighted by molar-refractivity contribution is 4.99. The summed E-state index contributed by atoms with van der Waals surface area (Å²) < 4.78 is 0. The smallest absolute Gasteiger partial charge is 0.142 e. The Morgan fingerprint density at radius 2 is 1.80 bits per heavy atom. The largest absolute Gasteiger partial charge is 0.394 e. The van der Waals surface area contributed by atoms with Crippen LogP contribution < -0.4 is 0 Å². The van der Waals surface area contributed by atoms with Crippen LogP contribution in [-0.4, -0.2) is 45.3 Å². The summed E-state index contributed by atoms with van der Waals surface area (Å²) in [7, 11) is 0. The van der Waals surface area contributed by atoms with Gasteiger partial charge in [0, 0.05) is 0 Å². The minimum atomic E-state index is -1.48. The lowest BCUT2D eigenvalue weighted by Gasteiger charge is -2.16. The second-order valence-corrected chi connectivity index (χ2v) is 1.85. The van der Waals surface area contributed by atoms with Gasteiger partial charge in [-0.25, -0.2) is 0 Å². The van der Waals surface area contributed by atoms with Gasteiger partial charge < -0.3 is 20.4 Å². The fraction of sp³-hybridized carbons (Fsp3) is 0.667. The maximum absolute atomic E-state index is 8.78. The fourth-order valence-corrected chi connectivity index (χ4v) is 0.417. The first-order valence-electron chi connectivity index (χ1n) is 2.74. The maximum atomic E-state index is 8.78. The number of rotatable bonds is 3. The Balaban J connectivity index is 3.84. The van der Waals surface area contributed by atoms with Gasteiger partial charge in [-0.3, -0.25) is 0 Å². The molecule has 4 N–H and O–H groups in total. The zero-order valence-electron chi connectivity index (χ0n) is 5.31. The van der Waals surface area contributed by atoms with Crippen LogP contribution in [0.3, 0.4) is 0 Å². The molecule has 4 nitrogen and oxygen atoms in total. The van der Waals surface area contributed by atoms with Crippen molar-refractivity contribution >= 4 is 0 Å². The zero-order valence-corrected chi connectivity index (χ0v) is 5.31. The molecular formula is C6H10O4. The van der Waals surface area contributed by atoms with Crippen molar-refractivity contribution in [2.75, 3.05) is 6.61 Å². The lowest BCUT2D eigenvalue weighted by Crippen LogP contribution is -2.38. The van der Waals surface area contributed by atoms with Crippen LogP contribution in [0.15, 0.2) is 0 Å². The van der Waals surface area contributed by atoms with Crippen LogP contribution in [-0.2, 0) is 0 Å². The van der Waals surface area contributed by atoms with E-state index in [-0.39, 0.29) is 0 Å². The van der Waals surface area contributed by atoms with Gasteiger partial charge in [0.2, 0.25) is 0 Å². The Morgan fingerprint density at radius 3 is 2.10 bits per heavy atom. The van der Waals surface area contributed by atoms with Gasteiger partial charge in [0.15, 0.2) is 0 Å². The molecular weight excluding hydrogens is 136 g/mol. The van der Waals surface area contributed by atoms with Crippen molar-refractivity contribution in [3.8, 4) is 12.3 Å². The molecule has 0 amide bonds. The van der Waals surface area contributed by atoms with Crippen LogP contribution in [0.5, 0.6) is 0 Å². The van der Waals surface area contributed by atoms with Crippen molar-refractivity contribution in [2.24, 2.45) is 0 Å². The second kappa shape index (κ2) is 4.25. The first-order valence-corrected chi connectivity index (χ1v) is 2.74. The van der Waals surface area contributed by atoms with Gasteiger partial charge in [0.05, 0.1) is 6.61 Å². The topological polar surface area (TPSA) is 80.9 Å². The van der Waals surface area contributed by atoms with E-state index in [9.17, 15) is 0 Å². The Hall–Kier alpha value is -0.600. The van der Waals surface area contributed by atoms with Gasteiger partial charge in [0.25, 0.3) is 0 Å². The molecule has 0 bridgehead atoms. The van der Waals surface area contributed by atoms with Crippen molar-refractivity contribution in [1.82, 2.24) is 0 Å². The average Bonchev–Trinajstić information content (AvgIpc) is 2.00. The van der Waals surface area contributed by atoms with Gasteiger partial charge in [-0.2, -0.15) is 0 Å². The summed E-state index contributed by atoms with van der Waals surface area (Å²) in [6.07, 6.45) is 0.424. The normalized spacial score (nSPS) is 19.1. The summed E-state index contributed by atoms with van der Waals surface area (Å²) >= 11 is 0. The quantitative estimate of drug-likeness (QED) is 0.337. The molecule has 0 saturated heterocycles. The number of hydrogen-bond acceptors (Lipinski definition) is 4. The molecule has 10 heavy (non-hydrogen) atoms. The van der Waals surface area contributed by atoms with Gasteiger partial charge in [0.1, 0.15) is 18.3 Å². The van der Waals surface area contributed by atoms with E-state index >= 15 is 0 Å². The van der Waals surface area contributed by atoms with Crippen LogP contribution in [0, 0.1) is 12.3 Å². The number of hydrogen-bond donors (Lipinski definition) is 4. The van der Waals surface area contributed by atoms with Crippen LogP contribution >= 0.6 is 0 Å². The van der Waals surface area contributed by atoms with E-state index in [0.29, 0.717) is 0 Å². The van der Waals surface area contributed by atoms with Crippen LogP contribution in [0.1, 0.15) is 0 Å². The lowest BCUT2D eigenvalue weighted by molar-refractivity contribution is -0.0582. The molecule has 0 aliphatic carbocycles. The van der Waals surface area contributed by atoms with Crippen molar-refractivity contribution < 1.29 is 20.4 Å². The maximum Gasteiger partial charge on any atom is 0.142 e. The third-order valence-electron chi connectivity index (χ3n) is 1.08. The Morgan fingerprint density at radius 1 is 1.30 bits per heavy atom. The van der Waals surface area contributed by atoms with E-state index in [1.165, 1.54) is 0 Å². The lowest BCUT2D eigenvalue weighted by atomic mass is 10.1. The van der Waals surface area contributed by atoms with Crippen LogP contribution in [0.2, 0.25) is 0 Å². The van der Waals surface area contributed by atoms with Gasteiger partial charge >= 0.3 is 0 Å². The first-order chi connectivity index (χ1) is 4.63. The molecule has 3 unspecified atom stereocenters. The molecule has 0 aliphatic rings. The molecule has 0 spiro atoms. The van der Waals surface area contributed by atoms with Crippen LogP contribution in [0.4, 0.5) is 0 Å². The van der Waals surface area contributed by atoms with Crippen molar-refractivity contribution in [3.05, 3.63) is 0 Å². The van der Waals surface area contributed by atoms with Crippen molar-refractivity contribution in [3.63, 3.8) is 0 Å². The molecule has 0 saturated carbocycles. The Bertz CT molecular complexity index is 128. The molecule has 0 heterocycles. The second-order valence-electron chi connectivity index (χ2n) is 1.85. The number of terminal acetylenes is 1. The van der Waals surface area contributed by atoms with E-state index in [0.717, 1.165) is 0 Å². The SMILES string of the molecule is C#CC(O)C(O)C(O)CO. The molecule has 0 rings (SSSR count). The molecule has 0 aliphatic heterocycles. The van der Waals surface area contributed by atoms with E-state index in [1.807, 2.05) is 5.92 Å². The van der Waals surface area contributed by atoms with E-state index < -0.39 is 24.9 Å². The molecule has 0 aromatic heterocycles. The van der Waals surface area contributed by atoms with E-state index in [1.54, 1.807) is 0 Å². The predicted octanol–water partition coefficient (Wildman–Crippen LogP) is -2.31. The predicted molar refractivity (Wildman–Crippen MR) is 33.9 cm³/mol. The molecule has 3 atom stereocenters. The number of aliphatic hydroxyl groups is 4. The highest BCUT2D eigenvalue weighted by atomic mass is 16.4. The van der Waals surface area contributed by atoms with Gasteiger partial charge in [-0.1, -0.05) is 5.92 Å². The molecule has 0 aromatic rings.